The average Bonchev–Trinajstić information content (AvgIpc) is 3.25. The molecule has 10 heteroatoms. The van der Waals surface area contributed by atoms with Crippen molar-refractivity contribution in [1.29, 1.82) is 0 Å². The molecule has 2 aliphatic rings. The number of hydrogen-bond donors (Lipinski definition) is 1. The molecule has 2 bridgehead atoms. The zero-order valence-corrected chi connectivity index (χ0v) is 18.6. The lowest BCUT2D eigenvalue weighted by Gasteiger charge is -2.38. The lowest BCUT2D eigenvalue weighted by Crippen LogP contribution is -2.48. The molecule has 5 rings (SSSR count). The quantitative estimate of drug-likeness (QED) is 0.542. The van der Waals surface area contributed by atoms with Crippen LogP contribution in [-0.2, 0) is 0 Å². The minimum absolute atomic E-state index is 0.0271. The van der Waals surface area contributed by atoms with Crippen molar-refractivity contribution >= 4 is 23.4 Å². The number of nitrogens with one attached hydrogen (secondary N) is 1. The lowest BCUT2D eigenvalue weighted by molar-refractivity contribution is 0.373. The standard InChI is InChI=1S/C23H27ClFN7O/c1-13(2)32-23(33-19-8-17(24)7-18(25)9-19)29-22(30-32)28-21-15-4-5-16(21)11-31(10-15)20-6-14(3)26-12-27-20/h6-9,12-13,15-16,21H,4-5,10-11H2,1-3H3,(H,28,30)/t15-,16+,21?/i1D3,2D3. The van der Waals surface area contributed by atoms with Crippen molar-refractivity contribution in [3.8, 4) is 11.8 Å². The highest BCUT2D eigenvalue weighted by Crippen LogP contribution is 2.40. The second kappa shape index (κ2) is 8.78. The van der Waals surface area contributed by atoms with Crippen molar-refractivity contribution in [3.63, 3.8) is 0 Å². The number of fused-ring (bicyclic) bond motifs is 2. The van der Waals surface area contributed by atoms with Gasteiger partial charge in [-0.3, -0.25) is 0 Å². The van der Waals surface area contributed by atoms with Gasteiger partial charge in [0.25, 0.3) is 0 Å². The van der Waals surface area contributed by atoms with E-state index in [1.165, 1.54) is 6.07 Å². The highest BCUT2D eigenvalue weighted by Gasteiger charge is 2.43. The van der Waals surface area contributed by atoms with E-state index >= 15 is 0 Å². The van der Waals surface area contributed by atoms with E-state index in [1.54, 1.807) is 6.33 Å². The van der Waals surface area contributed by atoms with E-state index in [1.807, 2.05) is 13.0 Å². The first-order valence-corrected chi connectivity index (χ1v) is 11.1. The van der Waals surface area contributed by atoms with Gasteiger partial charge >= 0.3 is 6.01 Å². The fraction of sp³-hybridized carbons (Fsp3) is 0.478. The molecule has 174 valence electrons. The maximum Gasteiger partial charge on any atom is 0.322 e. The van der Waals surface area contributed by atoms with Crippen LogP contribution < -0.4 is 15.0 Å². The number of nitrogens with zero attached hydrogens (tertiary/aromatic N) is 6. The molecule has 2 fully saturated rings. The third-order valence-corrected chi connectivity index (χ3v) is 6.35. The number of benzene rings is 1. The van der Waals surface area contributed by atoms with Gasteiger partial charge in [-0.25, -0.2) is 19.0 Å². The molecule has 1 N–H and O–H groups in total. The average molecular weight is 478 g/mol. The Hall–Kier alpha value is -2.94. The molecule has 3 atom stereocenters. The summed E-state index contributed by atoms with van der Waals surface area (Å²) in [5, 5.41) is 7.60. The summed E-state index contributed by atoms with van der Waals surface area (Å²) in [6.45, 7) is -2.53. The molecule has 1 aliphatic heterocycles. The van der Waals surface area contributed by atoms with Crippen molar-refractivity contribution in [2.24, 2.45) is 11.8 Å². The van der Waals surface area contributed by atoms with Gasteiger partial charge in [-0.05, 0) is 57.4 Å². The van der Waals surface area contributed by atoms with Crippen LogP contribution in [0.15, 0.2) is 30.6 Å². The van der Waals surface area contributed by atoms with Crippen molar-refractivity contribution < 1.29 is 17.4 Å². The van der Waals surface area contributed by atoms with Gasteiger partial charge in [0.1, 0.15) is 23.7 Å². The predicted molar refractivity (Wildman–Crippen MR) is 124 cm³/mol. The summed E-state index contributed by atoms with van der Waals surface area (Å²) in [5.41, 5.74) is 0.882. The van der Waals surface area contributed by atoms with Crippen LogP contribution in [0.5, 0.6) is 11.8 Å². The van der Waals surface area contributed by atoms with Gasteiger partial charge in [0.05, 0.1) is 6.04 Å². The first kappa shape index (κ1) is 15.8. The Balaban J connectivity index is 1.44. The molecule has 1 aromatic carbocycles. The van der Waals surface area contributed by atoms with Crippen molar-refractivity contribution in [1.82, 2.24) is 24.7 Å². The number of ether oxygens (including phenoxy) is 1. The number of halogens is 2. The molecule has 2 aromatic heterocycles. The molecule has 1 saturated carbocycles. The molecular weight excluding hydrogens is 445 g/mol. The summed E-state index contributed by atoms with van der Waals surface area (Å²) in [5.74, 6) is 0.565. The number of piperidine rings is 1. The maximum atomic E-state index is 13.9. The molecule has 1 aliphatic carbocycles. The van der Waals surface area contributed by atoms with E-state index in [-0.39, 0.29) is 34.6 Å². The summed E-state index contributed by atoms with van der Waals surface area (Å²) >= 11 is 5.93. The van der Waals surface area contributed by atoms with Crippen LogP contribution in [0, 0.1) is 24.6 Å². The predicted octanol–water partition coefficient (Wildman–Crippen LogP) is 4.87. The molecule has 33 heavy (non-hydrogen) atoms. The van der Waals surface area contributed by atoms with Gasteiger partial charge in [0.2, 0.25) is 5.95 Å². The van der Waals surface area contributed by atoms with Crippen LogP contribution in [0.2, 0.25) is 5.02 Å². The number of aryl methyl sites for hydroxylation is 1. The molecular formula is C23H27ClFN7O. The number of hydrogen-bond acceptors (Lipinski definition) is 7. The van der Waals surface area contributed by atoms with Crippen LogP contribution >= 0.6 is 11.6 Å². The Bertz CT molecular complexity index is 1300. The Morgan fingerprint density at radius 2 is 1.97 bits per heavy atom. The van der Waals surface area contributed by atoms with Crippen molar-refractivity contribution in [3.05, 3.63) is 47.1 Å². The van der Waals surface area contributed by atoms with E-state index in [9.17, 15) is 4.39 Å². The fourth-order valence-electron chi connectivity index (χ4n) is 4.71. The summed E-state index contributed by atoms with van der Waals surface area (Å²) in [6.07, 6.45) is 3.47. The van der Waals surface area contributed by atoms with Crippen molar-refractivity contribution in [2.45, 2.75) is 45.6 Å². The molecule has 0 amide bonds. The normalized spacial score (nSPS) is 25.6. The van der Waals surface area contributed by atoms with Crippen molar-refractivity contribution in [2.75, 3.05) is 23.3 Å². The highest BCUT2D eigenvalue weighted by molar-refractivity contribution is 6.30. The molecule has 3 heterocycles. The van der Waals surface area contributed by atoms with E-state index in [2.05, 4.69) is 30.3 Å². The summed E-state index contributed by atoms with van der Waals surface area (Å²) in [6, 6.07) is 2.87. The SMILES string of the molecule is [2H]C([2H])([2H])C(n1nc(NC2[C@@H]3CC[C@H]2CN(c2cc(C)ncn2)C3)nc1Oc1cc(F)cc(Cl)c1)C([2H])([2H])[2H]. The van der Waals surface area contributed by atoms with Crippen LogP contribution in [0.1, 0.15) is 46.5 Å². The van der Waals surface area contributed by atoms with E-state index in [0.29, 0.717) is 0 Å². The number of aromatic nitrogens is 5. The maximum absolute atomic E-state index is 13.9. The van der Waals surface area contributed by atoms with Gasteiger partial charge in [-0.1, -0.05) is 11.6 Å². The van der Waals surface area contributed by atoms with Crippen LogP contribution in [0.25, 0.3) is 0 Å². The zero-order chi connectivity index (χ0) is 28.1. The van der Waals surface area contributed by atoms with E-state index < -0.39 is 31.6 Å². The van der Waals surface area contributed by atoms with Crippen LogP contribution in [-0.4, -0.2) is 43.9 Å². The van der Waals surface area contributed by atoms with Gasteiger partial charge in [0.15, 0.2) is 0 Å². The zero-order valence-electron chi connectivity index (χ0n) is 23.9. The minimum atomic E-state index is -2.96. The Morgan fingerprint density at radius 1 is 1.18 bits per heavy atom. The molecule has 3 aromatic rings. The Labute approximate surface area is 205 Å². The monoisotopic (exact) mass is 477 g/mol. The lowest BCUT2D eigenvalue weighted by atomic mass is 9.92. The summed E-state index contributed by atoms with van der Waals surface area (Å²) in [7, 11) is 0. The molecule has 1 saturated heterocycles. The molecule has 8 nitrogen and oxygen atoms in total. The largest absolute Gasteiger partial charge is 0.424 e. The molecule has 0 radical (unpaired) electrons. The van der Waals surface area contributed by atoms with Gasteiger partial charge in [-0.15, -0.1) is 5.10 Å². The third kappa shape index (κ3) is 4.59. The number of anilines is 2. The first-order valence-electron chi connectivity index (χ1n) is 13.7. The second-order valence-electron chi connectivity index (χ2n) is 8.46. The third-order valence-electron chi connectivity index (χ3n) is 6.13. The molecule has 0 spiro atoms. The summed E-state index contributed by atoms with van der Waals surface area (Å²) in [4.78, 5) is 15.1. The second-order valence-corrected chi connectivity index (χ2v) is 8.90. The first-order chi connectivity index (χ1) is 18.3. The fourth-order valence-corrected chi connectivity index (χ4v) is 4.92. The highest BCUT2D eigenvalue weighted by atomic mass is 35.5. The molecule has 1 unspecified atom stereocenters. The van der Waals surface area contributed by atoms with Crippen LogP contribution in [0.3, 0.4) is 0 Å². The number of rotatable bonds is 6. The Kier molecular flexibility index (Phi) is 4.21. The summed E-state index contributed by atoms with van der Waals surface area (Å²) < 4.78 is 67.7. The Morgan fingerprint density at radius 3 is 2.67 bits per heavy atom. The van der Waals surface area contributed by atoms with Crippen LogP contribution in [0.4, 0.5) is 16.2 Å². The topological polar surface area (TPSA) is 81.0 Å². The van der Waals surface area contributed by atoms with Gasteiger partial charge in [-0.2, -0.15) is 4.98 Å². The van der Waals surface area contributed by atoms with Gasteiger partial charge < -0.3 is 15.0 Å². The smallest absolute Gasteiger partial charge is 0.322 e. The van der Waals surface area contributed by atoms with E-state index in [0.717, 1.165) is 54.3 Å². The van der Waals surface area contributed by atoms with E-state index in [4.69, 9.17) is 24.6 Å². The minimum Gasteiger partial charge on any atom is -0.424 e. The van der Waals surface area contributed by atoms with Gasteiger partial charge in [0, 0.05) is 50.2 Å².